The van der Waals surface area contributed by atoms with Gasteiger partial charge in [0.25, 0.3) is 0 Å². The summed E-state index contributed by atoms with van der Waals surface area (Å²) in [5.74, 6) is -0.699. The van der Waals surface area contributed by atoms with Crippen molar-refractivity contribution >= 4 is 0 Å². The third-order valence-corrected chi connectivity index (χ3v) is 7.33. The van der Waals surface area contributed by atoms with Crippen molar-refractivity contribution < 1.29 is 14.6 Å². The second-order valence-electron chi connectivity index (χ2n) is 8.77. The molecule has 22 heavy (non-hydrogen) atoms. The quantitative estimate of drug-likeness (QED) is 0.667. The summed E-state index contributed by atoms with van der Waals surface area (Å²) in [5.41, 5.74) is 2.80. The number of halogens is 1. The minimum absolute atomic E-state index is 0.0365. The highest BCUT2D eigenvalue weighted by Crippen LogP contribution is 2.64. The Labute approximate surface area is 132 Å². The summed E-state index contributed by atoms with van der Waals surface area (Å²) in [7, 11) is 0. The third kappa shape index (κ3) is 1.98. The molecule has 0 aromatic heterocycles. The summed E-state index contributed by atoms with van der Waals surface area (Å²) in [6, 6.07) is 0. The van der Waals surface area contributed by atoms with Crippen LogP contribution in [0.2, 0.25) is 0 Å². The third-order valence-electron chi connectivity index (χ3n) is 7.33. The standard InChI is InChI=1S/C19H27FO2/c1-17-6-5-15-14(16(17)9-13(20)11-17)4-3-12-10-19(21,22)8-7-18(12,15)2/h3-4,13,15-16,21-22H,5-11H2,1-2H3/t13-,15+,16+,17-,18+/m1/s1. The molecule has 122 valence electrons. The fourth-order valence-corrected chi connectivity index (χ4v) is 5.95. The number of aliphatic hydroxyl groups is 2. The molecule has 5 atom stereocenters. The van der Waals surface area contributed by atoms with Crippen LogP contribution in [-0.4, -0.2) is 22.2 Å². The van der Waals surface area contributed by atoms with E-state index in [-0.39, 0.29) is 10.8 Å². The summed E-state index contributed by atoms with van der Waals surface area (Å²) in [6.45, 7) is 4.56. The lowest BCUT2D eigenvalue weighted by molar-refractivity contribution is -0.183. The van der Waals surface area contributed by atoms with Crippen LogP contribution < -0.4 is 0 Å². The van der Waals surface area contributed by atoms with Gasteiger partial charge in [-0.2, -0.15) is 0 Å². The molecule has 2 N–H and O–H groups in total. The number of alkyl halides is 1. The topological polar surface area (TPSA) is 40.5 Å². The summed E-state index contributed by atoms with van der Waals surface area (Å²) in [5, 5.41) is 20.0. The van der Waals surface area contributed by atoms with Gasteiger partial charge >= 0.3 is 0 Å². The van der Waals surface area contributed by atoms with E-state index in [0.29, 0.717) is 37.5 Å². The zero-order chi connectivity index (χ0) is 15.8. The molecule has 0 amide bonds. The molecule has 2 nitrogen and oxygen atoms in total. The van der Waals surface area contributed by atoms with Crippen LogP contribution in [0.25, 0.3) is 0 Å². The van der Waals surface area contributed by atoms with E-state index in [0.717, 1.165) is 19.3 Å². The molecule has 4 rings (SSSR count). The lowest BCUT2D eigenvalue weighted by Gasteiger charge is -2.54. The summed E-state index contributed by atoms with van der Waals surface area (Å²) < 4.78 is 14.1. The lowest BCUT2D eigenvalue weighted by Crippen LogP contribution is -2.47. The largest absolute Gasteiger partial charge is 0.365 e. The van der Waals surface area contributed by atoms with E-state index in [1.807, 2.05) is 0 Å². The van der Waals surface area contributed by atoms with Crippen molar-refractivity contribution in [3.8, 4) is 0 Å². The van der Waals surface area contributed by atoms with Gasteiger partial charge in [0.2, 0.25) is 0 Å². The average molecular weight is 306 g/mol. The summed E-state index contributed by atoms with van der Waals surface area (Å²) >= 11 is 0. The maximum Gasteiger partial charge on any atom is 0.166 e. The number of rotatable bonds is 0. The Bertz CT molecular complexity index is 564. The zero-order valence-electron chi connectivity index (χ0n) is 13.6. The molecular weight excluding hydrogens is 279 g/mol. The minimum Gasteiger partial charge on any atom is -0.365 e. The molecule has 0 saturated heterocycles. The molecule has 0 aromatic rings. The van der Waals surface area contributed by atoms with Crippen LogP contribution >= 0.6 is 0 Å². The van der Waals surface area contributed by atoms with Gasteiger partial charge in [0.15, 0.2) is 5.79 Å². The normalized spacial score (nSPS) is 49.6. The summed E-state index contributed by atoms with van der Waals surface area (Å²) in [6.07, 6.45) is 8.89. The highest BCUT2D eigenvalue weighted by molar-refractivity contribution is 5.39. The maximum atomic E-state index is 14.1. The van der Waals surface area contributed by atoms with E-state index in [1.54, 1.807) is 0 Å². The van der Waals surface area contributed by atoms with Crippen molar-refractivity contribution in [3.63, 3.8) is 0 Å². The van der Waals surface area contributed by atoms with E-state index in [2.05, 4.69) is 26.0 Å². The van der Waals surface area contributed by atoms with Gasteiger partial charge in [-0.3, -0.25) is 0 Å². The van der Waals surface area contributed by atoms with Gasteiger partial charge in [-0.05, 0) is 54.8 Å². The molecule has 4 aliphatic rings. The Kier molecular flexibility index (Phi) is 3.01. The second kappa shape index (κ2) is 4.45. The van der Waals surface area contributed by atoms with Crippen LogP contribution in [0.5, 0.6) is 0 Å². The molecule has 0 radical (unpaired) electrons. The van der Waals surface area contributed by atoms with Gasteiger partial charge in [-0.15, -0.1) is 0 Å². The number of hydrogen-bond acceptors (Lipinski definition) is 2. The first-order valence-electron chi connectivity index (χ1n) is 8.74. The molecule has 0 aliphatic heterocycles. The van der Waals surface area contributed by atoms with E-state index in [4.69, 9.17) is 0 Å². The van der Waals surface area contributed by atoms with E-state index in [1.165, 1.54) is 11.1 Å². The average Bonchev–Trinajstić information content (AvgIpc) is 2.74. The lowest BCUT2D eigenvalue weighted by atomic mass is 9.51. The highest BCUT2D eigenvalue weighted by Gasteiger charge is 2.56. The Hall–Kier alpha value is -0.670. The van der Waals surface area contributed by atoms with Crippen LogP contribution in [-0.2, 0) is 0 Å². The van der Waals surface area contributed by atoms with Crippen molar-refractivity contribution in [1.29, 1.82) is 0 Å². The van der Waals surface area contributed by atoms with Gasteiger partial charge in [-0.1, -0.05) is 37.1 Å². The molecular formula is C19H27FO2. The second-order valence-corrected chi connectivity index (χ2v) is 8.77. The molecule has 0 spiro atoms. The van der Waals surface area contributed by atoms with Crippen molar-refractivity contribution in [2.45, 2.75) is 70.8 Å². The predicted octanol–water partition coefficient (Wildman–Crippen LogP) is 3.89. The maximum absolute atomic E-state index is 14.1. The van der Waals surface area contributed by atoms with Crippen LogP contribution in [0, 0.1) is 22.7 Å². The Morgan fingerprint density at radius 3 is 2.64 bits per heavy atom. The fourth-order valence-electron chi connectivity index (χ4n) is 5.95. The van der Waals surface area contributed by atoms with Crippen molar-refractivity contribution in [2.24, 2.45) is 22.7 Å². The molecule has 4 aliphatic carbocycles. The molecule has 0 heterocycles. The smallest absolute Gasteiger partial charge is 0.166 e. The van der Waals surface area contributed by atoms with Crippen molar-refractivity contribution in [1.82, 2.24) is 0 Å². The summed E-state index contributed by atoms with van der Waals surface area (Å²) in [4.78, 5) is 0. The molecule has 0 bridgehead atoms. The fraction of sp³-hybridized carbons (Fsp3) is 0.789. The van der Waals surface area contributed by atoms with E-state index >= 15 is 0 Å². The van der Waals surface area contributed by atoms with Gasteiger partial charge in [0, 0.05) is 12.8 Å². The zero-order valence-corrected chi connectivity index (χ0v) is 13.6. The Morgan fingerprint density at radius 2 is 1.86 bits per heavy atom. The van der Waals surface area contributed by atoms with Crippen molar-refractivity contribution in [2.75, 3.05) is 0 Å². The van der Waals surface area contributed by atoms with Gasteiger partial charge in [0.1, 0.15) is 6.17 Å². The first kappa shape index (κ1) is 14.9. The molecule has 0 aromatic carbocycles. The van der Waals surface area contributed by atoms with Crippen LogP contribution in [0.3, 0.4) is 0 Å². The van der Waals surface area contributed by atoms with Crippen LogP contribution in [0.15, 0.2) is 23.3 Å². The molecule has 3 saturated carbocycles. The monoisotopic (exact) mass is 306 g/mol. The van der Waals surface area contributed by atoms with Gasteiger partial charge in [-0.25, -0.2) is 4.39 Å². The number of allylic oxidation sites excluding steroid dienone is 3. The van der Waals surface area contributed by atoms with Crippen LogP contribution in [0.1, 0.15) is 58.8 Å². The van der Waals surface area contributed by atoms with Crippen molar-refractivity contribution in [3.05, 3.63) is 23.3 Å². The molecule has 0 unspecified atom stereocenters. The minimum atomic E-state index is -1.54. The molecule has 3 heteroatoms. The predicted molar refractivity (Wildman–Crippen MR) is 83.7 cm³/mol. The number of hydrogen-bond donors (Lipinski definition) is 2. The number of fused-ring (bicyclic) bond motifs is 5. The Morgan fingerprint density at radius 1 is 1.09 bits per heavy atom. The van der Waals surface area contributed by atoms with Gasteiger partial charge < -0.3 is 10.2 Å². The van der Waals surface area contributed by atoms with Crippen LogP contribution in [0.4, 0.5) is 4.39 Å². The first-order chi connectivity index (χ1) is 10.2. The van der Waals surface area contributed by atoms with E-state index in [9.17, 15) is 14.6 Å². The Balaban J connectivity index is 1.73. The first-order valence-corrected chi connectivity index (χ1v) is 8.74. The highest BCUT2D eigenvalue weighted by atomic mass is 19.1. The van der Waals surface area contributed by atoms with E-state index < -0.39 is 12.0 Å². The van der Waals surface area contributed by atoms with Gasteiger partial charge in [0.05, 0.1) is 0 Å². The SMILES string of the molecule is C[C@]12CC[C@H]3C(=CC=C4CC(O)(O)CC[C@@]43C)[C@@H]1C[C@@H](F)C2. The molecule has 3 fully saturated rings.